The summed E-state index contributed by atoms with van der Waals surface area (Å²) in [6, 6.07) is 6.96. The van der Waals surface area contributed by atoms with Gasteiger partial charge in [0.1, 0.15) is 0 Å². The van der Waals surface area contributed by atoms with Crippen LogP contribution in [-0.4, -0.2) is 37.0 Å². The number of nitrogens with zero attached hydrogens (tertiary/aromatic N) is 1. The lowest BCUT2D eigenvalue weighted by Crippen LogP contribution is -2.44. The zero-order valence-electron chi connectivity index (χ0n) is 12.2. The molecule has 0 aliphatic heterocycles. The molecule has 3 amide bonds. The number of nitrogens with one attached hydrogen (secondary N) is 2. The molecule has 0 saturated carbocycles. The number of benzene rings is 1. The molecule has 0 bridgehead atoms. The summed E-state index contributed by atoms with van der Waals surface area (Å²) in [4.78, 5) is 25.0. The van der Waals surface area contributed by atoms with Crippen molar-refractivity contribution in [3.05, 3.63) is 47.5 Å². The van der Waals surface area contributed by atoms with E-state index in [0.29, 0.717) is 11.6 Å². The van der Waals surface area contributed by atoms with E-state index in [4.69, 9.17) is 11.6 Å². The Balaban J connectivity index is 2.49. The van der Waals surface area contributed by atoms with Gasteiger partial charge in [-0.05, 0) is 31.7 Å². The number of likely N-dealkylation sites (N-methyl/N-ethyl adjacent to an activating group) is 1. The van der Waals surface area contributed by atoms with Crippen LogP contribution in [0.1, 0.15) is 18.5 Å². The van der Waals surface area contributed by atoms with Crippen molar-refractivity contribution in [1.29, 1.82) is 0 Å². The lowest BCUT2D eigenvalue weighted by atomic mass is 10.1. The Morgan fingerprint density at radius 2 is 2.00 bits per heavy atom. The van der Waals surface area contributed by atoms with Gasteiger partial charge in [-0.25, -0.2) is 4.79 Å². The molecule has 2 N–H and O–H groups in total. The highest BCUT2D eigenvalue weighted by atomic mass is 35.5. The zero-order chi connectivity index (χ0) is 15.8. The van der Waals surface area contributed by atoms with Crippen LogP contribution in [0.3, 0.4) is 0 Å². The van der Waals surface area contributed by atoms with E-state index in [1.165, 1.54) is 0 Å². The van der Waals surface area contributed by atoms with Gasteiger partial charge in [-0.15, -0.1) is 6.58 Å². The third kappa shape index (κ3) is 5.97. The molecule has 1 unspecified atom stereocenters. The first-order chi connectivity index (χ1) is 9.93. The Hall–Kier alpha value is -1.85. The molecule has 6 heteroatoms. The molecule has 0 aromatic heterocycles. The van der Waals surface area contributed by atoms with Crippen LogP contribution in [0.5, 0.6) is 0 Å². The van der Waals surface area contributed by atoms with Gasteiger partial charge in [-0.3, -0.25) is 15.0 Å². The molecule has 0 spiro atoms. The summed E-state index contributed by atoms with van der Waals surface area (Å²) in [5.74, 6) is -0.361. The molecule has 0 heterocycles. The maximum Gasteiger partial charge on any atom is 0.321 e. The van der Waals surface area contributed by atoms with E-state index in [0.717, 1.165) is 5.56 Å². The van der Waals surface area contributed by atoms with Crippen LogP contribution in [0.2, 0.25) is 5.02 Å². The van der Waals surface area contributed by atoms with Crippen molar-refractivity contribution in [2.24, 2.45) is 0 Å². The number of hydrogen-bond acceptors (Lipinski definition) is 3. The Labute approximate surface area is 130 Å². The summed E-state index contributed by atoms with van der Waals surface area (Å²) in [6.07, 6.45) is 1.54. The molecule has 1 atom stereocenters. The summed E-state index contributed by atoms with van der Waals surface area (Å²) in [7, 11) is 1.82. The van der Waals surface area contributed by atoms with E-state index in [1.807, 2.05) is 43.1 Å². The lowest BCUT2D eigenvalue weighted by Gasteiger charge is -2.24. The second-order valence-electron chi connectivity index (χ2n) is 4.69. The highest BCUT2D eigenvalue weighted by Crippen LogP contribution is 2.20. The van der Waals surface area contributed by atoms with E-state index in [-0.39, 0.29) is 18.5 Å². The fourth-order valence-corrected chi connectivity index (χ4v) is 1.86. The molecule has 0 saturated heterocycles. The van der Waals surface area contributed by atoms with Crippen molar-refractivity contribution in [2.75, 3.05) is 20.1 Å². The average Bonchev–Trinajstić information content (AvgIpc) is 2.44. The van der Waals surface area contributed by atoms with Gasteiger partial charge >= 0.3 is 6.03 Å². The van der Waals surface area contributed by atoms with E-state index in [2.05, 4.69) is 17.2 Å². The number of imide groups is 1. The number of halogens is 1. The van der Waals surface area contributed by atoms with Crippen LogP contribution in [0, 0.1) is 0 Å². The van der Waals surface area contributed by atoms with Crippen LogP contribution >= 0.6 is 11.6 Å². The quantitative estimate of drug-likeness (QED) is 0.793. The van der Waals surface area contributed by atoms with Crippen LogP contribution in [0.4, 0.5) is 4.79 Å². The van der Waals surface area contributed by atoms with Crippen molar-refractivity contribution >= 4 is 23.5 Å². The fourth-order valence-electron chi connectivity index (χ4n) is 1.73. The Morgan fingerprint density at radius 1 is 1.38 bits per heavy atom. The summed E-state index contributed by atoms with van der Waals surface area (Å²) >= 11 is 5.85. The first-order valence-electron chi connectivity index (χ1n) is 6.58. The Bertz CT molecular complexity index is 502. The SMILES string of the molecule is C=CCNC(=O)NC(=O)CN(C)C(C)c1ccc(Cl)cc1. The normalized spacial score (nSPS) is 11.8. The second kappa shape index (κ2) is 8.44. The van der Waals surface area contributed by atoms with Crippen LogP contribution < -0.4 is 10.6 Å². The van der Waals surface area contributed by atoms with Gasteiger partial charge in [0.2, 0.25) is 5.91 Å². The Morgan fingerprint density at radius 3 is 2.57 bits per heavy atom. The van der Waals surface area contributed by atoms with Gasteiger partial charge < -0.3 is 5.32 Å². The maximum absolute atomic E-state index is 11.8. The van der Waals surface area contributed by atoms with Crippen molar-refractivity contribution in [3.63, 3.8) is 0 Å². The molecule has 0 aliphatic rings. The molecule has 114 valence electrons. The van der Waals surface area contributed by atoms with Crippen LogP contribution in [-0.2, 0) is 4.79 Å². The predicted octanol–water partition coefficient (Wildman–Crippen LogP) is 2.34. The average molecular weight is 310 g/mol. The van der Waals surface area contributed by atoms with E-state index in [1.54, 1.807) is 6.08 Å². The first-order valence-corrected chi connectivity index (χ1v) is 6.96. The summed E-state index contributed by atoms with van der Waals surface area (Å²) < 4.78 is 0. The van der Waals surface area contributed by atoms with Crippen molar-refractivity contribution < 1.29 is 9.59 Å². The van der Waals surface area contributed by atoms with Crippen LogP contribution in [0.15, 0.2) is 36.9 Å². The number of amides is 3. The molecular weight excluding hydrogens is 290 g/mol. The van der Waals surface area contributed by atoms with E-state index < -0.39 is 6.03 Å². The van der Waals surface area contributed by atoms with Crippen LogP contribution in [0.25, 0.3) is 0 Å². The monoisotopic (exact) mass is 309 g/mol. The predicted molar refractivity (Wildman–Crippen MR) is 84.2 cm³/mol. The molecule has 1 aromatic carbocycles. The standard InChI is InChI=1S/C15H20ClN3O2/c1-4-9-17-15(21)18-14(20)10-19(3)11(2)12-5-7-13(16)8-6-12/h4-8,11H,1,9-10H2,2-3H3,(H2,17,18,20,21). The highest BCUT2D eigenvalue weighted by Gasteiger charge is 2.16. The van der Waals surface area contributed by atoms with E-state index >= 15 is 0 Å². The largest absolute Gasteiger partial charge is 0.334 e. The third-order valence-corrected chi connectivity index (χ3v) is 3.32. The minimum Gasteiger partial charge on any atom is -0.334 e. The number of carbonyl (C=O) groups is 2. The smallest absolute Gasteiger partial charge is 0.321 e. The number of rotatable bonds is 6. The molecule has 5 nitrogen and oxygen atoms in total. The molecule has 1 aromatic rings. The van der Waals surface area contributed by atoms with Gasteiger partial charge in [0.15, 0.2) is 0 Å². The molecule has 1 rings (SSSR count). The van der Waals surface area contributed by atoms with E-state index in [9.17, 15) is 9.59 Å². The summed E-state index contributed by atoms with van der Waals surface area (Å²) in [6.45, 7) is 5.89. The van der Waals surface area contributed by atoms with Crippen molar-refractivity contribution in [2.45, 2.75) is 13.0 Å². The Kier molecular flexibility index (Phi) is 6.91. The number of urea groups is 1. The van der Waals surface area contributed by atoms with Gasteiger partial charge in [0.25, 0.3) is 0 Å². The highest BCUT2D eigenvalue weighted by molar-refractivity contribution is 6.30. The minimum absolute atomic E-state index is 0.0317. The number of hydrogen-bond donors (Lipinski definition) is 2. The zero-order valence-corrected chi connectivity index (χ0v) is 13.0. The number of carbonyl (C=O) groups excluding carboxylic acids is 2. The lowest BCUT2D eigenvalue weighted by molar-refractivity contribution is -0.121. The van der Waals surface area contributed by atoms with Crippen molar-refractivity contribution in [3.8, 4) is 0 Å². The first kappa shape index (κ1) is 17.2. The summed E-state index contributed by atoms with van der Waals surface area (Å²) in [5.41, 5.74) is 1.05. The fraction of sp³-hybridized carbons (Fsp3) is 0.333. The van der Waals surface area contributed by atoms with Gasteiger partial charge in [0.05, 0.1) is 6.54 Å². The molecule has 0 radical (unpaired) electrons. The second-order valence-corrected chi connectivity index (χ2v) is 5.13. The molecular formula is C15H20ClN3O2. The van der Waals surface area contributed by atoms with Gasteiger partial charge in [0, 0.05) is 17.6 Å². The molecule has 0 aliphatic carbocycles. The molecule has 21 heavy (non-hydrogen) atoms. The van der Waals surface area contributed by atoms with Gasteiger partial charge in [-0.1, -0.05) is 29.8 Å². The van der Waals surface area contributed by atoms with Gasteiger partial charge in [-0.2, -0.15) is 0 Å². The maximum atomic E-state index is 11.8. The molecule has 0 fully saturated rings. The third-order valence-electron chi connectivity index (χ3n) is 3.07. The summed E-state index contributed by atoms with van der Waals surface area (Å²) in [5, 5.41) is 5.41. The minimum atomic E-state index is -0.521. The van der Waals surface area contributed by atoms with Crippen molar-refractivity contribution in [1.82, 2.24) is 15.5 Å². The topological polar surface area (TPSA) is 61.4 Å².